The van der Waals surface area contributed by atoms with E-state index in [-0.39, 0.29) is 18.1 Å². The van der Waals surface area contributed by atoms with Crippen molar-refractivity contribution >= 4 is 5.91 Å². The minimum atomic E-state index is -0.321. The number of nitrogens with zero attached hydrogens (tertiary/aromatic N) is 1. The van der Waals surface area contributed by atoms with E-state index in [0.29, 0.717) is 6.61 Å². The molecule has 1 aromatic carbocycles. The van der Waals surface area contributed by atoms with E-state index in [1.54, 1.807) is 12.4 Å². The molecule has 2 atom stereocenters. The van der Waals surface area contributed by atoms with Gasteiger partial charge in [0.1, 0.15) is 6.10 Å². The Kier molecular flexibility index (Phi) is 4.26. The molecule has 1 aromatic heterocycles. The average molecular weight is 282 g/mol. The molecule has 2 heterocycles. The molecule has 1 fully saturated rings. The van der Waals surface area contributed by atoms with Crippen LogP contribution in [0.15, 0.2) is 54.9 Å². The average Bonchev–Trinajstić information content (AvgIpc) is 3.09. The van der Waals surface area contributed by atoms with E-state index >= 15 is 0 Å². The lowest BCUT2D eigenvalue weighted by Crippen LogP contribution is -2.37. The molecule has 1 amide bonds. The summed E-state index contributed by atoms with van der Waals surface area (Å²) in [5.41, 5.74) is 2.07. The van der Waals surface area contributed by atoms with Crippen LogP contribution in [0.25, 0.3) is 0 Å². The van der Waals surface area contributed by atoms with Gasteiger partial charge in [0.25, 0.3) is 0 Å². The van der Waals surface area contributed by atoms with E-state index in [0.717, 1.165) is 24.0 Å². The Labute approximate surface area is 124 Å². The van der Waals surface area contributed by atoms with Crippen LogP contribution in [0.1, 0.15) is 30.0 Å². The largest absolute Gasteiger partial charge is 0.368 e. The fourth-order valence-corrected chi connectivity index (χ4v) is 2.58. The molecule has 2 aromatic rings. The third-order valence-corrected chi connectivity index (χ3v) is 3.68. The fourth-order valence-electron chi connectivity index (χ4n) is 2.58. The number of carbonyl (C=O) groups is 1. The molecule has 1 saturated heterocycles. The van der Waals surface area contributed by atoms with Gasteiger partial charge in [0.05, 0.1) is 6.04 Å². The molecule has 108 valence electrons. The number of hydrogen-bond donors (Lipinski definition) is 1. The van der Waals surface area contributed by atoms with Crippen molar-refractivity contribution in [1.82, 2.24) is 10.3 Å². The van der Waals surface area contributed by atoms with E-state index in [2.05, 4.69) is 10.3 Å². The number of nitrogens with one attached hydrogen (secondary N) is 1. The second kappa shape index (κ2) is 6.50. The number of aromatic nitrogens is 1. The van der Waals surface area contributed by atoms with Crippen molar-refractivity contribution in [1.29, 1.82) is 0 Å². The Morgan fingerprint density at radius 1 is 1.14 bits per heavy atom. The van der Waals surface area contributed by atoms with Crippen molar-refractivity contribution in [3.8, 4) is 0 Å². The molecule has 0 unspecified atom stereocenters. The maximum absolute atomic E-state index is 12.4. The van der Waals surface area contributed by atoms with Gasteiger partial charge in [0, 0.05) is 19.0 Å². The highest BCUT2D eigenvalue weighted by Crippen LogP contribution is 2.22. The van der Waals surface area contributed by atoms with Crippen LogP contribution in [0.5, 0.6) is 0 Å². The van der Waals surface area contributed by atoms with Gasteiger partial charge in [-0.1, -0.05) is 30.3 Å². The molecule has 21 heavy (non-hydrogen) atoms. The molecule has 4 nitrogen and oxygen atoms in total. The number of pyridine rings is 1. The lowest BCUT2D eigenvalue weighted by Gasteiger charge is -2.21. The summed E-state index contributed by atoms with van der Waals surface area (Å²) in [4.78, 5) is 16.4. The van der Waals surface area contributed by atoms with Crippen LogP contribution in [-0.2, 0) is 9.53 Å². The van der Waals surface area contributed by atoms with Crippen molar-refractivity contribution < 1.29 is 9.53 Å². The van der Waals surface area contributed by atoms with Crippen LogP contribution in [0.4, 0.5) is 0 Å². The molecule has 0 saturated carbocycles. The number of amides is 1. The molecular weight excluding hydrogens is 264 g/mol. The van der Waals surface area contributed by atoms with E-state index in [1.807, 2.05) is 42.5 Å². The maximum Gasteiger partial charge on any atom is 0.249 e. The maximum atomic E-state index is 12.4. The van der Waals surface area contributed by atoms with E-state index in [9.17, 15) is 4.79 Å². The van der Waals surface area contributed by atoms with Gasteiger partial charge in [0.15, 0.2) is 0 Å². The second-order valence-electron chi connectivity index (χ2n) is 5.13. The lowest BCUT2D eigenvalue weighted by atomic mass is 9.99. The lowest BCUT2D eigenvalue weighted by molar-refractivity contribution is -0.130. The Balaban J connectivity index is 1.84. The summed E-state index contributed by atoms with van der Waals surface area (Å²) in [6, 6.07) is 13.6. The molecule has 0 radical (unpaired) electrons. The number of carbonyl (C=O) groups excluding carboxylic acids is 1. The Hall–Kier alpha value is -2.20. The highest BCUT2D eigenvalue weighted by Gasteiger charge is 2.26. The molecule has 1 N–H and O–H groups in total. The predicted molar refractivity (Wildman–Crippen MR) is 79.6 cm³/mol. The number of hydrogen-bond acceptors (Lipinski definition) is 3. The Morgan fingerprint density at radius 3 is 2.52 bits per heavy atom. The highest BCUT2D eigenvalue weighted by atomic mass is 16.5. The zero-order chi connectivity index (χ0) is 14.5. The normalized spacial score (nSPS) is 19.1. The first-order chi connectivity index (χ1) is 10.3. The number of rotatable bonds is 4. The van der Waals surface area contributed by atoms with Gasteiger partial charge in [-0.15, -0.1) is 0 Å². The number of benzene rings is 1. The van der Waals surface area contributed by atoms with Gasteiger partial charge in [-0.2, -0.15) is 0 Å². The molecule has 3 rings (SSSR count). The minimum Gasteiger partial charge on any atom is -0.368 e. The van der Waals surface area contributed by atoms with Crippen molar-refractivity contribution in [3.63, 3.8) is 0 Å². The van der Waals surface area contributed by atoms with Crippen molar-refractivity contribution in [2.24, 2.45) is 0 Å². The molecule has 0 bridgehead atoms. The molecule has 0 spiro atoms. The first kappa shape index (κ1) is 13.8. The highest BCUT2D eigenvalue weighted by molar-refractivity contribution is 5.81. The number of ether oxygens (including phenoxy) is 1. The van der Waals surface area contributed by atoms with Crippen LogP contribution < -0.4 is 5.32 Å². The van der Waals surface area contributed by atoms with Crippen LogP contribution in [-0.4, -0.2) is 23.6 Å². The summed E-state index contributed by atoms with van der Waals surface area (Å²) >= 11 is 0. The summed E-state index contributed by atoms with van der Waals surface area (Å²) < 4.78 is 5.46. The van der Waals surface area contributed by atoms with Crippen LogP contribution in [0.2, 0.25) is 0 Å². The quantitative estimate of drug-likeness (QED) is 0.937. The third kappa shape index (κ3) is 3.28. The van der Waals surface area contributed by atoms with Crippen LogP contribution >= 0.6 is 0 Å². The smallest absolute Gasteiger partial charge is 0.249 e. The standard InChI is InChI=1S/C17H18N2O2/c20-17(15-7-4-12-21-15)19-16(13-5-2-1-3-6-13)14-8-10-18-11-9-14/h1-3,5-6,8-11,15-16H,4,7,12H2,(H,19,20)/t15-,16+/m1/s1. The monoisotopic (exact) mass is 282 g/mol. The van der Waals surface area contributed by atoms with E-state index in [1.165, 1.54) is 0 Å². The third-order valence-electron chi connectivity index (χ3n) is 3.68. The van der Waals surface area contributed by atoms with Crippen molar-refractivity contribution in [2.75, 3.05) is 6.61 Å². The van der Waals surface area contributed by atoms with E-state index in [4.69, 9.17) is 4.74 Å². The molecule has 1 aliphatic rings. The first-order valence-electron chi connectivity index (χ1n) is 7.21. The van der Waals surface area contributed by atoms with Gasteiger partial charge < -0.3 is 10.1 Å². The minimum absolute atomic E-state index is 0.0434. The molecule has 1 aliphatic heterocycles. The molecular formula is C17H18N2O2. The van der Waals surface area contributed by atoms with Crippen molar-refractivity contribution in [2.45, 2.75) is 25.0 Å². The van der Waals surface area contributed by atoms with Crippen LogP contribution in [0.3, 0.4) is 0 Å². The SMILES string of the molecule is O=C(N[C@@H](c1ccccc1)c1ccncc1)[C@H]1CCCO1. The van der Waals surface area contributed by atoms with Gasteiger partial charge >= 0.3 is 0 Å². The summed E-state index contributed by atoms with van der Waals surface area (Å²) in [6.07, 6.45) is 4.90. The summed E-state index contributed by atoms with van der Waals surface area (Å²) in [7, 11) is 0. The summed E-state index contributed by atoms with van der Waals surface area (Å²) in [5, 5.41) is 3.10. The molecule has 4 heteroatoms. The van der Waals surface area contributed by atoms with Gasteiger partial charge in [-0.05, 0) is 36.1 Å². The summed E-state index contributed by atoms with van der Waals surface area (Å²) in [5.74, 6) is -0.0434. The first-order valence-corrected chi connectivity index (χ1v) is 7.21. The summed E-state index contributed by atoms with van der Waals surface area (Å²) in [6.45, 7) is 0.670. The van der Waals surface area contributed by atoms with Gasteiger partial charge in [-0.25, -0.2) is 0 Å². The zero-order valence-electron chi connectivity index (χ0n) is 11.7. The predicted octanol–water partition coefficient (Wildman–Crippen LogP) is 2.47. The van der Waals surface area contributed by atoms with Crippen LogP contribution in [0, 0.1) is 0 Å². The fraction of sp³-hybridized carbons (Fsp3) is 0.294. The van der Waals surface area contributed by atoms with Crippen molar-refractivity contribution in [3.05, 3.63) is 66.0 Å². The Bertz CT molecular complexity index is 541. The topological polar surface area (TPSA) is 51.2 Å². The van der Waals surface area contributed by atoms with E-state index < -0.39 is 0 Å². The second-order valence-corrected chi connectivity index (χ2v) is 5.13. The molecule has 0 aliphatic carbocycles. The van der Waals surface area contributed by atoms with Gasteiger partial charge in [0.2, 0.25) is 5.91 Å². The van der Waals surface area contributed by atoms with Gasteiger partial charge in [-0.3, -0.25) is 9.78 Å². The zero-order valence-corrected chi connectivity index (χ0v) is 11.7. The Morgan fingerprint density at radius 2 is 1.86 bits per heavy atom.